The number of hydrogen-bond acceptors (Lipinski definition) is 6. The molecule has 0 aliphatic heterocycles. The Kier molecular flexibility index (Phi) is 6.03. The molecular weight excluding hydrogens is 348 g/mol. The van der Waals surface area contributed by atoms with Gasteiger partial charge in [-0.1, -0.05) is 49.4 Å². The minimum atomic E-state index is -3.80. The summed E-state index contributed by atoms with van der Waals surface area (Å²) in [4.78, 5) is 11.3. The summed E-state index contributed by atoms with van der Waals surface area (Å²) < 4.78 is 27.2. The number of aromatic nitrogens is 2. The van der Waals surface area contributed by atoms with E-state index in [0.29, 0.717) is 0 Å². The van der Waals surface area contributed by atoms with Crippen molar-refractivity contribution < 1.29 is 13.2 Å². The SMILES string of the molecule is CCC(=O)Nc1nnc(S(=O)(=O)N[C@@H](C)c2ccc(CC)cc2)s1. The van der Waals surface area contributed by atoms with Crippen LogP contribution in [0.5, 0.6) is 0 Å². The van der Waals surface area contributed by atoms with Gasteiger partial charge in [0.15, 0.2) is 0 Å². The van der Waals surface area contributed by atoms with Crippen molar-refractivity contribution in [2.24, 2.45) is 0 Å². The van der Waals surface area contributed by atoms with Crippen LogP contribution < -0.4 is 10.0 Å². The quantitative estimate of drug-likeness (QED) is 0.731. The summed E-state index contributed by atoms with van der Waals surface area (Å²) in [6, 6.07) is 7.35. The second kappa shape index (κ2) is 7.82. The predicted octanol–water partition coefficient (Wildman–Crippen LogP) is 2.49. The number of nitrogens with one attached hydrogen (secondary N) is 2. The zero-order valence-corrected chi connectivity index (χ0v) is 15.4. The summed E-state index contributed by atoms with van der Waals surface area (Å²) in [5.41, 5.74) is 2.05. The molecule has 1 aromatic carbocycles. The highest BCUT2D eigenvalue weighted by Crippen LogP contribution is 2.22. The molecule has 0 aliphatic carbocycles. The molecule has 0 bridgehead atoms. The molecule has 24 heavy (non-hydrogen) atoms. The Labute approximate surface area is 145 Å². The Morgan fingerprint density at radius 1 is 1.21 bits per heavy atom. The zero-order chi connectivity index (χ0) is 17.7. The number of sulfonamides is 1. The fraction of sp³-hybridized carbons (Fsp3) is 0.400. The monoisotopic (exact) mass is 368 g/mol. The van der Waals surface area contributed by atoms with E-state index in [1.165, 1.54) is 5.56 Å². The van der Waals surface area contributed by atoms with E-state index < -0.39 is 16.1 Å². The normalized spacial score (nSPS) is 12.8. The van der Waals surface area contributed by atoms with E-state index in [9.17, 15) is 13.2 Å². The Hall–Kier alpha value is -1.84. The second-order valence-electron chi connectivity index (χ2n) is 5.21. The lowest BCUT2D eigenvalue weighted by molar-refractivity contribution is -0.115. The number of carbonyl (C=O) groups excluding carboxylic acids is 1. The van der Waals surface area contributed by atoms with Gasteiger partial charge in [-0.25, -0.2) is 13.1 Å². The van der Waals surface area contributed by atoms with Crippen molar-refractivity contribution in [3.63, 3.8) is 0 Å². The summed E-state index contributed by atoms with van der Waals surface area (Å²) in [5.74, 6) is -0.243. The van der Waals surface area contributed by atoms with E-state index in [1.807, 2.05) is 24.3 Å². The van der Waals surface area contributed by atoms with Gasteiger partial charge in [-0.3, -0.25) is 4.79 Å². The van der Waals surface area contributed by atoms with E-state index in [4.69, 9.17) is 0 Å². The number of rotatable bonds is 7. The van der Waals surface area contributed by atoms with Gasteiger partial charge in [-0.05, 0) is 24.5 Å². The highest BCUT2D eigenvalue weighted by Gasteiger charge is 2.23. The van der Waals surface area contributed by atoms with Crippen molar-refractivity contribution in [2.75, 3.05) is 5.32 Å². The highest BCUT2D eigenvalue weighted by atomic mass is 32.2. The third kappa shape index (κ3) is 4.59. The molecule has 0 saturated heterocycles. The van der Waals surface area contributed by atoms with Gasteiger partial charge in [-0.15, -0.1) is 10.2 Å². The van der Waals surface area contributed by atoms with Gasteiger partial charge < -0.3 is 5.32 Å². The zero-order valence-electron chi connectivity index (χ0n) is 13.7. The van der Waals surface area contributed by atoms with Crippen LogP contribution in [0.4, 0.5) is 5.13 Å². The first kappa shape index (κ1) is 18.5. The van der Waals surface area contributed by atoms with Crippen LogP contribution in [-0.2, 0) is 21.2 Å². The Morgan fingerprint density at radius 3 is 2.46 bits per heavy atom. The molecule has 9 heteroatoms. The number of nitrogens with zero attached hydrogens (tertiary/aromatic N) is 2. The van der Waals surface area contributed by atoms with Crippen LogP contribution in [0.3, 0.4) is 0 Å². The van der Waals surface area contributed by atoms with Gasteiger partial charge in [0.25, 0.3) is 10.0 Å². The molecule has 0 unspecified atom stereocenters. The molecule has 1 aromatic heterocycles. The van der Waals surface area contributed by atoms with E-state index in [1.54, 1.807) is 13.8 Å². The Balaban J connectivity index is 2.10. The average Bonchev–Trinajstić information content (AvgIpc) is 3.03. The number of benzene rings is 1. The van der Waals surface area contributed by atoms with Gasteiger partial charge in [0.1, 0.15) is 0 Å². The van der Waals surface area contributed by atoms with Crippen LogP contribution in [0.2, 0.25) is 0 Å². The molecular formula is C15H20N4O3S2. The number of anilines is 1. The summed E-state index contributed by atoms with van der Waals surface area (Å²) in [5, 5.41) is 10.0. The highest BCUT2D eigenvalue weighted by molar-refractivity contribution is 7.91. The summed E-state index contributed by atoms with van der Waals surface area (Å²) in [6.45, 7) is 5.52. The largest absolute Gasteiger partial charge is 0.301 e. The maximum absolute atomic E-state index is 12.4. The molecule has 7 nitrogen and oxygen atoms in total. The van der Waals surface area contributed by atoms with E-state index in [-0.39, 0.29) is 21.8 Å². The van der Waals surface area contributed by atoms with Crippen LogP contribution in [0.25, 0.3) is 0 Å². The third-order valence-corrected chi connectivity index (χ3v) is 6.17. The smallest absolute Gasteiger partial charge is 0.270 e. The Bertz CT molecular complexity index is 800. The number of aryl methyl sites for hydroxylation is 1. The van der Waals surface area contributed by atoms with Gasteiger partial charge in [0, 0.05) is 12.5 Å². The van der Waals surface area contributed by atoms with Crippen LogP contribution >= 0.6 is 11.3 Å². The van der Waals surface area contributed by atoms with E-state index >= 15 is 0 Å². The topological polar surface area (TPSA) is 101 Å². The van der Waals surface area contributed by atoms with Crippen LogP contribution in [0.1, 0.15) is 44.4 Å². The molecule has 1 heterocycles. The maximum Gasteiger partial charge on any atom is 0.270 e. The second-order valence-corrected chi connectivity index (χ2v) is 8.08. The van der Waals surface area contributed by atoms with Crippen LogP contribution in [0.15, 0.2) is 28.6 Å². The molecule has 130 valence electrons. The molecule has 0 aliphatic rings. The van der Waals surface area contributed by atoms with Gasteiger partial charge in [0.05, 0.1) is 0 Å². The maximum atomic E-state index is 12.4. The Morgan fingerprint density at radius 2 is 1.88 bits per heavy atom. The lowest BCUT2D eigenvalue weighted by atomic mass is 10.1. The molecule has 2 rings (SSSR count). The number of carbonyl (C=O) groups is 1. The van der Waals surface area contributed by atoms with Gasteiger partial charge in [-0.2, -0.15) is 0 Å². The number of amides is 1. The molecule has 2 N–H and O–H groups in total. The van der Waals surface area contributed by atoms with Crippen molar-refractivity contribution in [1.82, 2.24) is 14.9 Å². The van der Waals surface area contributed by atoms with Crippen LogP contribution in [0, 0.1) is 0 Å². The summed E-state index contributed by atoms with van der Waals surface area (Å²) >= 11 is 0.822. The van der Waals surface area contributed by atoms with Crippen molar-refractivity contribution in [3.8, 4) is 0 Å². The van der Waals surface area contributed by atoms with Crippen molar-refractivity contribution in [2.45, 2.75) is 44.0 Å². The number of hydrogen-bond donors (Lipinski definition) is 2. The molecule has 0 radical (unpaired) electrons. The van der Waals surface area contributed by atoms with Gasteiger partial charge in [0.2, 0.25) is 15.4 Å². The summed E-state index contributed by atoms with van der Waals surface area (Å²) in [7, 11) is -3.80. The minimum absolute atomic E-state index is 0.169. The fourth-order valence-corrected chi connectivity index (χ4v) is 4.13. The third-order valence-electron chi connectivity index (χ3n) is 3.42. The fourth-order valence-electron chi connectivity index (χ4n) is 1.97. The first-order valence-electron chi connectivity index (χ1n) is 7.60. The summed E-state index contributed by atoms with van der Waals surface area (Å²) in [6.07, 6.45) is 1.21. The molecule has 1 amide bonds. The molecule has 1 atom stereocenters. The lowest BCUT2D eigenvalue weighted by Crippen LogP contribution is -2.26. The standard InChI is InChI=1S/C15H20N4O3S2/c1-4-11-6-8-12(9-7-11)10(3)19-24(21,22)15-18-17-14(23-15)16-13(20)5-2/h6-10,19H,4-5H2,1-3H3,(H,16,17,20)/t10-/m0/s1. The molecule has 0 spiro atoms. The predicted molar refractivity (Wildman–Crippen MR) is 93.4 cm³/mol. The van der Waals surface area contributed by atoms with E-state index in [0.717, 1.165) is 23.3 Å². The molecule has 0 saturated carbocycles. The minimum Gasteiger partial charge on any atom is -0.301 e. The van der Waals surface area contributed by atoms with Crippen molar-refractivity contribution >= 4 is 32.4 Å². The molecule has 0 fully saturated rings. The van der Waals surface area contributed by atoms with Crippen LogP contribution in [-0.4, -0.2) is 24.5 Å². The first-order chi connectivity index (χ1) is 11.4. The van der Waals surface area contributed by atoms with Gasteiger partial charge >= 0.3 is 0 Å². The van der Waals surface area contributed by atoms with E-state index in [2.05, 4.69) is 27.2 Å². The first-order valence-corrected chi connectivity index (χ1v) is 9.90. The van der Waals surface area contributed by atoms with Crippen molar-refractivity contribution in [3.05, 3.63) is 35.4 Å². The average molecular weight is 368 g/mol. The lowest BCUT2D eigenvalue weighted by Gasteiger charge is -2.13. The molecule has 2 aromatic rings. The van der Waals surface area contributed by atoms with Crippen molar-refractivity contribution in [1.29, 1.82) is 0 Å².